The minimum absolute atomic E-state index is 0.168. The van der Waals surface area contributed by atoms with E-state index in [9.17, 15) is 18.0 Å². The molecular weight excluding hydrogens is 251 g/mol. The topological polar surface area (TPSA) is 72.6 Å². The summed E-state index contributed by atoms with van der Waals surface area (Å²) in [6.45, 7) is 0. The summed E-state index contributed by atoms with van der Waals surface area (Å²) in [5, 5.41) is 8.52. The fraction of sp³-hybridized carbons (Fsp3) is 0.364. The van der Waals surface area contributed by atoms with Crippen LogP contribution < -0.4 is 10.5 Å². The van der Waals surface area contributed by atoms with Crippen molar-refractivity contribution in [2.24, 2.45) is 5.73 Å². The van der Waals surface area contributed by atoms with Crippen LogP contribution >= 0.6 is 0 Å². The molecule has 18 heavy (non-hydrogen) atoms. The lowest BCUT2D eigenvalue weighted by atomic mass is 10.0. The van der Waals surface area contributed by atoms with Crippen LogP contribution in [0.15, 0.2) is 24.3 Å². The van der Waals surface area contributed by atoms with Crippen LogP contribution in [0.5, 0.6) is 5.75 Å². The van der Waals surface area contributed by atoms with Crippen LogP contribution in [0.25, 0.3) is 0 Å². The zero-order valence-corrected chi connectivity index (χ0v) is 9.28. The lowest BCUT2D eigenvalue weighted by Gasteiger charge is -2.12. The van der Waals surface area contributed by atoms with Gasteiger partial charge in [-0.1, -0.05) is 12.1 Å². The van der Waals surface area contributed by atoms with E-state index in [0.717, 1.165) is 0 Å². The lowest BCUT2D eigenvalue weighted by molar-refractivity contribution is -0.274. The molecule has 0 bridgehead atoms. The summed E-state index contributed by atoms with van der Waals surface area (Å²) in [6.07, 6.45) is -4.83. The van der Waals surface area contributed by atoms with E-state index in [2.05, 4.69) is 4.74 Å². The van der Waals surface area contributed by atoms with Gasteiger partial charge in [0.2, 0.25) is 0 Å². The first kappa shape index (κ1) is 14.3. The van der Waals surface area contributed by atoms with Crippen LogP contribution in [0, 0.1) is 0 Å². The number of benzene rings is 1. The molecule has 1 atom stereocenters. The van der Waals surface area contributed by atoms with Gasteiger partial charge in [-0.15, -0.1) is 13.2 Å². The fourth-order valence-electron chi connectivity index (χ4n) is 1.47. The highest BCUT2D eigenvalue weighted by atomic mass is 19.4. The Labute approximate surface area is 101 Å². The van der Waals surface area contributed by atoms with Gasteiger partial charge in [0.05, 0.1) is 6.42 Å². The molecule has 1 unspecified atom stereocenters. The zero-order chi connectivity index (χ0) is 13.8. The largest absolute Gasteiger partial charge is 0.573 e. The van der Waals surface area contributed by atoms with E-state index in [1.807, 2.05) is 0 Å². The molecule has 0 radical (unpaired) electrons. The number of alkyl halides is 3. The van der Waals surface area contributed by atoms with Crippen LogP contribution in [0.2, 0.25) is 0 Å². The minimum Gasteiger partial charge on any atom is -0.481 e. The van der Waals surface area contributed by atoms with Gasteiger partial charge in [-0.3, -0.25) is 4.79 Å². The average Bonchev–Trinajstić information content (AvgIpc) is 2.13. The Morgan fingerprint density at radius 2 is 2.11 bits per heavy atom. The van der Waals surface area contributed by atoms with Gasteiger partial charge >= 0.3 is 12.3 Å². The Hall–Kier alpha value is -1.76. The summed E-state index contributed by atoms with van der Waals surface area (Å²) in [6, 6.07) is 4.66. The number of hydrogen-bond acceptors (Lipinski definition) is 3. The standard InChI is InChI=1S/C11H12F3NO3/c12-11(13,14)18-9-3-1-2-7(5-9)4-8(15)6-10(16)17/h1-3,5,8H,4,6,15H2,(H,16,17). The van der Waals surface area contributed by atoms with Crippen molar-refractivity contribution < 1.29 is 27.8 Å². The molecule has 0 amide bonds. The van der Waals surface area contributed by atoms with E-state index in [0.29, 0.717) is 5.56 Å². The highest BCUT2D eigenvalue weighted by Crippen LogP contribution is 2.23. The SMILES string of the molecule is NC(CC(=O)O)Cc1cccc(OC(F)(F)F)c1. The molecule has 0 aliphatic heterocycles. The number of ether oxygens (including phenoxy) is 1. The first-order valence-electron chi connectivity index (χ1n) is 5.08. The van der Waals surface area contributed by atoms with E-state index in [1.54, 1.807) is 6.07 Å². The quantitative estimate of drug-likeness (QED) is 0.851. The molecule has 1 aromatic carbocycles. The van der Waals surface area contributed by atoms with Crippen molar-refractivity contribution in [2.45, 2.75) is 25.2 Å². The Bertz CT molecular complexity index is 420. The first-order chi connectivity index (χ1) is 8.26. The smallest absolute Gasteiger partial charge is 0.481 e. The zero-order valence-electron chi connectivity index (χ0n) is 9.28. The Kier molecular flexibility index (Phi) is 4.55. The maximum atomic E-state index is 12.0. The summed E-state index contributed by atoms with van der Waals surface area (Å²) in [5.41, 5.74) is 6.03. The monoisotopic (exact) mass is 263 g/mol. The van der Waals surface area contributed by atoms with E-state index >= 15 is 0 Å². The second-order valence-corrected chi connectivity index (χ2v) is 3.76. The summed E-state index contributed by atoms with van der Waals surface area (Å²) < 4.78 is 39.7. The van der Waals surface area contributed by atoms with Crippen LogP contribution in [0.3, 0.4) is 0 Å². The molecule has 100 valence electrons. The number of nitrogens with two attached hydrogens (primary N) is 1. The lowest BCUT2D eigenvalue weighted by Crippen LogP contribution is -2.26. The number of hydrogen-bond donors (Lipinski definition) is 2. The molecule has 1 aromatic rings. The average molecular weight is 263 g/mol. The predicted molar refractivity (Wildman–Crippen MR) is 57.1 cm³/mol. The molecule has 7 heteroatoms. The Balaban J connectivity index is 2.67. The summed E-state index contributed by atoms with van der Waals surface area (Å²) in [5.74, 6) is -1.40. The molecule has 0 fully saturated rings. The minimum atomic E-state index is -4.75. The molecule has 0 heterocycles. The van der Waals surface area contributed by atoms with Gasteiger partial charge in [-0.05, 0) is 24.1 Å². The van der Waals surface area contributed by atoms with Crippen molar-refractivity contribution >= 4 is 5.97 Å². The molecule has 0 aliphatic rings. The Morgan fingerprint density at radius 1 is 1.44 bits per heavy atom. The van der Waals surface area contributed by atoms with Crippen LogP contribution in [-0.4, -0.2) is 23.5 Å². The summed E-state index contributed by atoms with van der Waals surface area (Å²) in [4.78, 5) is 10.4. The van der Waals surface area contributed by atoms with Crippen molar-refractivity contribution in [2.75, 3.05) is 0 Å². The van der Waals surface area contributed by atoms with Gasteiger partial charge in [0, 0.05) is 6.04 Å². The predicted octanol–water partition coefficient (Wildman–Crippen LogP) is 1.93. The molecule has 0 aliphatic carbocycles. The normalized spacial score (nSPS) is 13.1. The number of carboxylic acid groups (broad SMARTS) is 1. The van der Waals surface area contributed by atoms with Gasteiger partial charge in [0.1, 0.15) is 5.75 Å². The number of aliphatic carboxylic acids is 1. The first-order valence-corrected chi connectivity index (χ1v) is 5.08. The van der Waals surface area contributed by atoms with E-state index < -0.39 is 18.4 Å². The van der Waals surface area contributed by atoms with Gasteiger partial charge in [-0.25, -0.2) is 0 Å². The van der Waals surface area contributed by atoms with E-state index in [1.165, 1.54) is 18.2 Å². The van der Waals surface area contributed by atoms with Crippen LogP contribution in [-0.2, 0) is 11.2 Å². The van der Waals surface area contributed by atoms with Crippen LogP contribution in [0.4, 0.5) is 13.2 Å². The van der Waals surface area contributed by atoms with Gasteiger partial charge in [-0.2, -0.15) is 0 Å². The van der Waals surface area contributed by atoms with Crippen LogP contribution in [0.1, 0.15) is 12.0 Å². The second kappa shape index (κ2) is 5.72. The van der Waals surface area contributed by atoms with Gasteiger partial charge < -0.3 is 15.6 Å². The number of carbonyl (C=O) groups is 1. The molecule has 0 saturated carbocycles. The summed E-state index contributed by atoms with van der Waals surface area (Å²) in [7, 11) is 0. The molecule has 0 spiro atoms. The maximum Gasteiger partial charge on any atom is 0.573 e. The number of carboxylic acids is 1. The highest BCUT2D eigenvalue weighted by Gasteiger charge is 2.31. The van der Waals surface area contributed by atoms with E-state index in [4.69, 9.17) is 10.8 Å². The molecule has 0 aromatic heterocycles. The summed E-state index contributed by atoms with van der Waals surface area (Å²) >= 11 is 0. The van der Waals surface area contributed by atoms with Gasteiger partial charge in [0.25, 0.3) is 0 Å². The third kappa shape index (κ3) is 5.53. The third-order valence-corrected chi connectivity index (χ3v) is 2.07. The molecule has 3 N–H and O–H groups in total. The Morgan fingerprint density at radius 3 is 2.67 bits per heavy atom. The maximum absolute atomic E-state index is 12.0. The molecular formula is C11H12F3NO3. The van der Waals surface area contributed by atoms with Crippen molar-refractivity contribution in [1.82, 2.24) is 0 Å². The van der Waals surface area contributed by atoms with Crippen molar-refractivity contribution in [3.05, 3.63) is 29.8 Å². The van der Waals surface area contributed by atoms with E-state index in [-0.39, 0.29) is 18.6 Å². The number of halogens is 3. The van der Waals surface area contributed by atoms with Crippen molar-refractivity contribution in [3.63, 3.8) is 0 Å². The second-order valence-electron chi connectivity index (χ2n) is 3.76. The third-order valence-electron chi connectivity index (χ3n) is 2.07. The fourth-order valence-corrected chi connectivity index (χ4v) is 1.47. The molecule has 1 rings (SSSR count). The molecule has 0 saturated heterocycles. The number of rotatable bonds is 5. The highest BCUT2D eigenvalue weighted by molar-refractivity contribution is 5.67. The molecule has 4 nitrogen and oxygen atoms in total. The van der Waals surface area contributed by atoms with Crippen molar-refractivity contribution in [3.8, 4) is 5.75 Å². The van der Waals surface area contributed by atoms with Gasteiger partial charge in [0.15, 0.2) is 0 Å². The van der Waals surface area contributed by atoms with Crippen molar-refractivity contribution in [1.29, 1.82) is 0 Å².